The minimum absolute atomic E-state index is 0.0176. The van der Waals surface area contributed by atoms with Crippen LogP contribution in [-0.4, -0.2) is 39.2 Å². The molecule has 4 rings (SSSR count). The highest BCUT2D eigenvalue weighted by Crippen LogP contribution is 2.23. The molecular formula is C20H18ClN3O2. The Balaban J connectivity index is 1.52. The second-order valence-corrected chi connectivity index (χ2v) is 7.07. The fourth-order valence-electron chi connectivity index (χ4n) is 3.51. The molecule has 3 aromatic rings. The molecule has 0 unspecified atom stereocenters. The maximum absolute atomic E-state index is 12.7. The van der Waals surface area contributed by atoms with E-state index >= 15 is 0 Å². The number of fused-ring (bicyclic) bond motifs is 2. The summed E-state index contributed by atoms with van der Waals surface area (Å²) < 4.78 is 1.63. The van der Waals surface area contributed by atoms with Crippen LogP contribution in [0.5, 0.6) is 0 Å². The van der Waals surface area contributed by atoms with Crippen molar-refractivity contribution in [3.8, 4) is 0 Å². The van der Waals surface area contributed by atoms with Crippen LogP contribution in [-0.2, 0) is 13.0 Å². The lowest BCUT2D eigenvalue weighted by atomic mass is 9.92. The molecule has 0 spiro atoms. The van der Waals surface area contributed by atoms with Gasteiger partial charge in [0.2, 0.25) is 0 Å². The monoisotopic (exact) mass is 367 g/mol. The largest absolute Gasteiger partial charge is 0.295 e. The number of pyridine rings is 1. The number of benzene rings is 1. The second kappa shape index (κ2) is 6.67. The number of Topliss-reactive ketones (excluding diaryl/α,β-unsaturated/α-hetero) is 2. The van der Waals surface area contributed by atoms with Crippen molar-refractivity contribution in [1.29, 1.82) is 0 Å². The normalized spacial score (nSPS) is 14.4. The van der Waals surface area contributed by atoms with Gasteiger partial charge in [0, 0.05) is 24.8 Å². The number of aromatic nitrogens is 2. The van der Waals surface area contributed by atoms with E-state index in [2.05, 4.69) is 10.00 Å². The summed E-state index contributed by atoms with van der Waals surface area (Å²) in [6.07, 6.45) is 2.47. The number of halogens is 1. The SMILES string of the molecule is CC(=O)c1cccc2c1CCN(CC(=O)c1cc3ccc(Cl)cn3n1)C2. The van der Waals surface area contributed by atoms with Crippen molar-refractivity contribution in [3.05, 3.63) is 70.0 Å². The van der Waals surface area contributed by atoms with Crippen LogP contribution in [0.2, 0.25) is 5.02 Å². The van der Waals surface area contributed by atoms with Gasteiger partial charge in [-0.1, -0.05) is 29.8 Å². The highest BCUT2D eigenvalue weighted by Gasteiger charge is 2.23. The molecule has 1 aliphatic rings. The lowest BCUT2D eigenvalue weighted by Gasteiger charge is -2.29. The Morgan fingerprint density at radius 1 is 1.23 bits per heavy atom. The molecule has 6 heteroatoms. The number of carbonyl (C=O) groups is 2. The number of hydrogen-bond acceptors (Lipinski definition) is 4. The summed E-state index contributed by atoms with van der Waals surface area (Å²) in [5, 5.41) is 4.91. The average Bonchev–Trinajstić information content (AvgIpc) is 3.04. The van der Waals surface area contributed by atoms with Gasteiger partial charge in [-0.2, -0.15) is 5.10 Å². The van der Waals surface area contributed by atoms with Crippen molar-refractivity contribution in [2.45, 2.75) is 19.9 Å². The van der Waals surface area contributed by atoms with E-state index in [1.165, 1.54) is 0 Å². The zero-order valence-corrected chi connectivity index (χ0v) is 15.2. The van der Waals surface area contributed by atoms with E-state index in [1.54, 1.807) is 29.8 Å². The summed E-state index contributed by atoms with van der Waals surface area (Å²) in [6, 6.07) is 11.2. The highest BCUT2D eigenvalue weighted by atomic mass is 35.5. The average molecular weight is 368 g/mol. The Morgan fingerprint density at radius 3 is 2.88 bits per heavy atom. The van der Waals surface area contributed by atoms with Crippen LogP contribution in [0.15, 0.2) is 42.6 Å². The predicted octanol–water partition coefficient (Wildman–Crippen LogP) is 3.43. The quantitative estimate of drug-likeness (QED) is 0.663. The summed E-state index contributed by atoms with van der Waals surface area (Å²) in [7, 11) is 0. The maximum atomic E-state index is 12.7. The topological polar surface area (TPSA) is 54.7 Å². The van der Waals surface area contributed by atoms with Crippen molar-refractivity contribution in [2.24, 2.45) is 0 Å². The summed E-state index contributed by atoms with van der Waals surface area (Å²) in [5.74, 6) is 0.0748. The van der Waals surface area contributed by atoms with E-state index in [4.69, 9.17) is 11.6 Å². The summed E-state index contributed by atoms with van der Waals surface area (Å²) >= 11 is 5.97. The molecule has 5 nitrogen and oxygen atoms in total. The molecular weight excluding hydrogens is 350 g/mol. The molecule has 0 aliphatic carbocycles. The molecule has 1 aromatic carbocycles. The Morgan fingerprint density at radius 2 is 2.08 bits per heavy atom. The van der Waals surface area contributed by atoms with E-state index in [-0.39, 0.29) is 11.6 Å². The first-order chi connectivity index (χ1) is 12.5. The van der Waals surface area contributed by atoms with Crippen LogP contribution in [0.25, 0.3) is 5.52 Å². The first-order valence-corrected chi connectivity index (χ1v) is 8.91. The van der Waals surface area contributed by atoms with Crippen LogP contribution in [0.3, 0.4) is 0 Å². The van der Waals surface area contributed by atoms with Gasteiger partial charge in [0.05, 0.1) is 17.1 Å². The molecule has 2 aromatic heterocycles. The van der Waals surface area contributed by atoms with Gasteiger partial charge in [0.1, 0.15) is 5.69 Å². The van der Waals surface area contributed by atoms with Crippen LogP contribution in [0, 0.1) is 0 Å². The maximum Gasteiger partial charge on any atom is 0.197 e. The van der Waals surface area contributed by atoms with Gasteiger partial charge in [-0.15, -0.1) is 0 Å². The van der Waals surface area contributed by atoms with E-state index < -0.39 is 0 Å². The van der Waals surface area contributed by atoms with E-state index in [1.807, 2.05) is 24.3 Å². The first kappa shape index (κ1) is 16.9. The third kappa shape index (κ3) is 3.16. The van der Waals surface area contributed by atoms with Crippen molar-refractivity contribution in [2.75, 3.05) is 13.1 Å². The zero-order chi connectivity index (χ0) is 18.3. The van der Waals surface area contributed by atoms with Crippen molar-refractivity contribution >= 4 is 28.7 Å². The molecule has 0 bridgehead atoms. The summed E-state index contributed by atoms with van der Waals surface area (Å²) in [4.78, 5) is 26.5. The summed E-state index contributed by atoms with van der Waals surface area (Å²) in [6.45, 7) is 3.33. The second-order valence-electron chi connectivity index (χ2n) is 6.63. The minimum atomic E-state index is -0.0176. The molecule has 0 saturated carbocycles. The Kier molecular flexibility index (Phi) is 4.34. The van der Waals surface area contributed by atoms with Crippen LogP contribution >= 0.6 is 11.6 Å². The molecule has 0 amide bonds. The molecule has 1 aliphatic heterocycles. The number of hydrogen-bond donors (Lipinski definition) is 0. The van der Waals surface area contributed by atoms with Crippen LogP contribution in [0.4, 0.5) is 0 Å². The predicted molar refractivity (Wildman–Crippen MR) is 100.0 cm³/mol. The fourth-order valence-corrected chi connectivity index (χ4v) is 3.67. The molecule has 0 fully saturated rings. The smallest absolute Gasteiger partial charge is 0.197 e. The minimum Gasteiger partial charge on any atom is -0.295 e. The zero-order valence-electron chi connectivity index (χ0n) is 14.4. The Bertz CT molecular complexity index is 1030. The molecule has 132 valence electrons. The van der Waals surface area contributed by atoms with Gasteiger partial charge >= 0.3 is 0 Å². The molecule has 0 atom stereocenters. The number of nitrogens with zero attached hydrogens (tertiary/aromatic N) is 3. The Hall–Kier alpha value is -2.50. The van der Waals surface area contributed by atoms with Gasteiger partial charge in [0.25, 0.3) is 0 Å². The Labute approximate surface area is 156 Å². The highest BCUT2D eigenvalue weighted by molar-refractivity contribution is 6.30. The van der Waals surface area contributed by atoms with Crippen LogP contribution in [0.1, 0.15) is 38.9 Å². The molecule has 26 heavy (non-hydrogen) atoms. The molecule has 0 N–H and O–H groups in total. The molecule has 0 saturated heterocycles. The first-order valence-electron chi connectivity index (χ1n) is 8.53. The third-order valence-corrected chi connectivity index (χ3v) is 5.02. The molecule has 3 heterocycles. The number of carbonyl (C=O) groups excluding carboxylic acids is 2. The lowest BCUT2D eigenvalue weighted by Crippen LogP contribution is -2.35. The van der Waals surface area contributed by atoms with E-state index in [0.29, 0.717) is 23.8 Å². The van der Waals surface area contributed by atoms with E-state index in [0.717, 1.165) is 35.2 Å². The van der Waals surface area contributed by atoms with Crippen molar-refractivity contribution in [3.63, 3.8) is 0 Å². The van der Waals surface area contributed by atoms with Gasteiger partial charge in [-0.3, -0.25) is 14.5 Å². The van der Waals surface area contributed by atoms with Crippen LogP contribution < -0.4 is 0 Å². The summed E-state index contributed by atoms with van der Waals surface area (Å²) in [5.41, 5.74) is 4.32. The standard InChI is InChI=1S/C20H18ClN3O2/c1-13(25)17-4-2-3-14-10-23(8-7-18(14)17)12-20(26)19-9-16-6-5-15(21)11-24(16)22-19/h2-6,9,11H,7-8,10,12H2,1H3. The molecule has 0 radical (unpaired) electrons. The fraction of sp³-hybridized carbons (Fsp3) is 0.250. The third-order valence-electron chi connectivity index (χ3n) is 4.80. The van der Waals surface area contributed by atoms with Crippen molar-refractivity contribution in [1.82, 2.24) is 14.5 Å². The van der Waals surface area contributed by atoms with Gasteiger partial charge in [-0.25, -0.2) is 4.52 Å². The van der Waals surface area contributed by atoms with Gasteiger partial charge < -0.3 is 0 Å². The lowest BCUT2D eigenvalue weighted by molar-refractivity contribution is 0.0913. The van der Waals surface area contributed by atoms with E-state index in [9.17, 15) is 9.59 Å². The number of rotatable bonds is 4. The van der Waals surface area contributed by atoms with Crippen molar-refractivity contribution < 1.29 is 9.59 Å². The number of ketones is 2. The van der Waals surface area contributed by atoms with Gasteiger partial charge in [-0.05, 0) is 42.7 Å². The van der Waals surface area contributed by atoms with Gasteiger partial charge in [0.15, 0.2) is 11.6 Å².